The molecular weight excluding hydrogens is 276 g/mol. The molecule has 2 fully saturated rings. The lowest BCUT2D eigenvalue weighted by molar-refractivity contribution is 0.169. The van der Waals surface area contributed by atoms with Crippen LogP contribution in [0.2, 0.25) is 4.34 Å². The third kappa shape index (κ3) is 3.52. The molecule has 2 unspecified atom stereocenters. The molecule has 4 heteroatoms. The summed E-state index contributed by atoms with van der Waals surface area (Å²) >= 11 is 7.82. The molecule has 0 bridgehead atoms. The van der Waals surface area contributed by atoms with Gasteiger partial charge in [-0.1, -0.05) is 18.0 Å². The molecule has 2 nitrogen and oxygen atoms in total. The van der Waals surface area contributed by atoms with Crippen molar-refractivity contribution in [3.8, 4) is 0 Å². The monoisotopic (exact) mass is 298 g/mol. The Morgan fingerprint density at radius 1 is 1.37 bits per heavy atom. The summed E-state index contributed by atoms with van der Waals surface area (Å²) in [5.74, 6) is 0. The van der Waals surface area contributed by atoms with E-state index in [9.17, 15) is 0 Å². The Bertz CT molecular complexity index is 410. The Hall–Kier alpha value is -0.0900. The van der Waals surface area contributed by atoms with E-state index in [1.54, 1.807) is 11.3 Å². The number of nitrogens with one attached hydrogen (secondary N) is 1. The molecule has 2 aliphatic rings. The van der Waals surface area contributed by atoms with Gasteiger partial charge in [-0.3, -0.25) is 4.90 Å². The lowest BCUT2D eigenvalue weighted by Gasteiger charge is -2.34. The smallest absolute Gasteiger partial charge is 0.0931 e. The summed E-state index contributed by atoms with van der Waals surface area (Å²) in [5.41, 5.74) is 0. The van der Waals surface area contributed by atoms with Crippen molar-refractivity contribution in [3.05, 3.63) is 21.3 Å². The van der Waals surface area contributed by atoms with Gasteiger partial charge in [-0.05, 0) is 51.3 Å². The molecule has 1 aliphatic heterocycles. The molecule has 0 radical (unpaired) electrons. The first kappa shape index (κ1) is 13.9. The standard InChI is InChI=1S/C15H23ClN2S/c1-11(14-7-8-15(16)19-14)18(13-5-6-13)10-12-4-2-3-9-17-12/h7-8,11-13,17H,2-6,9-10H2,1H3. The number of rotatable bonds is 5. The minimum Gasteiger partial charge on any atom is -0.313 e. The maximum Gasteiger partial charge on any atom is 0.0931 e. The van der Waals surface area contributed by atoms with Crippen molar-refractivity contribution in [2.24, 2.45) is 0 Å². The van der Waals surface area contributed by atoms with Crippen LogP contribution in [-0.4, -0.2) is 30.1 Å². The van der Waals surface area contributed by atoms with E-state index in [1.165, 1.54) is 50.1 Å². The number of piperidine rings is 1. The molecule has 106 valence electrons. The van der Waals surface area contributed by atoms with Crippen molar-refractivity contribution in [2.45, 2.75) is 57.2 Å². The lowest BCUT2D eigenvalue weighted by atomic mass is 10.0. The van der Waals surface area contributed by atoms with Crippen LogP contribution in [0.4, 0.5) is 0 Å². The third-order valence-corrected chi connectivity index (χ3v) is 5.76. The molecule has 19 heavy (non-hydrogen) atoms. The molecule has 0 aromatic carbocycles. The first-order chi connectivity index (χ1) is 9.24. The van der Waals surface area contributed by atoms with Crippen LogP contribution in [0, 0.1) is 0 Å². The van der Waals surface area contributed by atoms with E-state index in [-0.39, 0.29) is 0 Å². The van der Waals surface area contributed by atoms with Crippen LogP contribution in [0.3, 0.4) is 0 Å². The number of thiophene rings is 1. The van der Waals surface area contributed by atoms with Gasteiger partial charge in [0.1, 0.15) is 0 Å². The normalized spacial score (nSPS) is 25.7. The van der Waals surface area contributed by atoms with Gasteiger partial charge < -0.3 is 5.32 Å². The van der Waals surface area contributed by atoms with Crippen LogP contribution in [0.1, 0.15) is 49.9 Å². The molecule has 0 spiro atoms. The van der Waals surface area contributed by atoms with Crippen LogP contribution in [0.5, 0.6) is 0 Å². The number of hydrogen-bond acceptors (Lipinski definition) is 3. The Balaban J connectivity index is 1.66. The van der Waals surface area contributed by atoms with Crippen molar-refractivity contribution in [2.75, 3.05) is 13.1 Å². The van der Waals surface area contributed by atoms with Gasteiger partial charge in [0, 0.05) is 29.5 Å². The molecule has 1 N–H and O–H groups in total. The Kier molecular flexibility index (Phi) is 4.47. The third-order valence-electron chi connectivity index (χ3n) is 4.36. The molecule has 1 saturated heterocycles. The predicted molar refractivity (Wildman–Crippen MR) is 83.1 cm³/mol. The largest absolute Gasteiger partial charge is 0.313 e. The molecule has 2 atom stereocenters. The van der Waals surface area contributed by atoms with Gasteiger partial charge in [0.2, 0.25) is 0 Å². The fourth-order valence-electron chi connectivity index (χ4n) is 3.08. The minimum atomic E-state index is 0.508. The first-order valence-electron chi connectivity index (χ1n) is 7.48. The van der Waals surface area contributed by atoms with E-state index < -0.39 is 0 Å². The number of nitrogens with zero attached hydrogens (tertiary/aromatic N) is 1. The fourth-order valence-corrected chi connectivity index (χ4v) is 4.21. The van der Waals surface area contributed by atoms with E-state index in [1.807, 2.05) is 6.07 Å². The SMILES string of the molecule is CC(c1ccc(Cl)s1)N(CC1CCCCN1)C1CC1. The maximum atomic E-state index is 6.08. The highest BCUT2D eigenvalue weighted by atomic mass is 35.5. The van der Waals surface area contributed by atoms with Crippen LogP contribution >= 0.6 is 22.9 Å². The van der Waals surface area contributed by atoms with Crippen molar-refractivity contribution in [3.63, 3.8) is 0 Å². The predicted octanol–water partition coefficient (Wildman–Crippen LogP) is 4.07. The summed E-state index contributed by atoms with van der Waals surface area (Å²) in [6.45, 7) is 4.73. The highest BCUT2D eigenvalue weighted by Gasteiger charge is 2.34. The van der Waals surface area contributed by atoms with Gasteiger partial charge >= 0.3 is 0 Å². The molecule has 0 amide bonds. The highest BCUT2D eigenvalue weighted by Crippen LogP contribution is 2.37. The van der Waals surface area contributed by atoms with Gasteiger partial charge in [0.15, 0.2) is 0 Å². The number of hydrogen-bond donors (Lipinski definition) is 1. The zero-order valence-electron chi connectivity index (χ0n) is 11.6. The van der Waals surface area contributed by atoms with Crippen molar-refractivity contribution < 1.29 is 0 Å². The molecule has 3 rings (SSSR count). The summed E-state index contributed by atoms with van der Waals surface area (Å²) in [6, 6.07) is 6.23. The highest BCUT2D eigenvalue weighted by molar-refractivity contribution is 7.16. The van der Waals surface area contributed by atoms with E-state index >= 15 is 0 Å². The molecular formula is C15H23ClN2S. The summed E-state index contributed by atoms with van der Waals surface area (Å²) in [5, 5.41) is 3.68. The van der Waals surface area contributed by atoms with Crippen molar-refractivity contribution >= 4 is 22.9 Å². The molecule has 1 saturated carbocycles. The van der Waals surface area contributed by atoms with Crippen molar-refractivity contribution in [1.29, 1.82) is 0 Å². The van der Waals surface area contributed by atoms with Gasteiger partial charge in [-0.15, -0.1) is 11.3 Å². The van der Waals surface area contributed by atoms with Gasteiger partial charge in [-0.2, -0.15) is 0 Å². The second-order valence-electron chi connectivity index (χ2n) is 5.89. The van der Waals surface area contributed by atoms with E-state index in [4.69, 9.17) is 11.6 Å². The van der Waals surface area contributed by atoms with Crippen LogP contribution in [0.25, 0.3) is 0 Å². The summed E-state index contributed by atoms with van der Waals surface area (Å²) in [6.07, 6.45) is 6.80. The van der Waals surface area contributed by atoms with E-state index in [2.05, 4.69) is 23.2 Å². The average Bonchev–Trinajstić information content (AvgIpc) is 3.18. The van der Waals surface area contributed by atoms with Gasteiger partial charge in [-0.25, -0.2) is 0 Å². The minimum absolute atomic E-state index is 0.508. The van der Waals surface area contributed by atoms with Crippen LogP contribution < -0.4 is 5.32 Å². The second kappa shape index (κ2) is 6.13. The van der Waals surface area contributed by atoms with Crippen molar-refractivity contribution in [1.82, 2.24) is 10.2 Å². The Labute approximate surface area is 125 Å². The second-order valence-corrected chi connectivity index (χ2v) is 7.64. The zero-order valence-corrected chi connectivity index (χ0v) is 13.1. The van der Waals surface area contributed by atoms with E-state index in [0.717, 1.165) is 10.4 Å². The van der Waals surface area contributed by atoms with Gasteiger partial charge in [0.05, 0.1) is 4.34 Å². The summed E-state index contributed by atoms with van der Waals surface area (Å²) in [7, 11) is 0. The maximum absolute atomic E-state index is 6.08. The Morgan fingerprint density at radius 2 is 2.21 bits per heavy atom. The van der Waals surface area contributed by atoms with Crippen LogP contribution in [0.15, 0.2) is 12.1 Å². The van der Waals surface area contributed by atoms with Crippen LogP contribution in [-0.2, 0) is 0 Å². The molecule has 1 aromatic rings. The molecule has 2 heterocycles. The average molecular weight is 299 g/mol. The summed E-state index contributed by atoms with van der Waals surface area (Å²) in [4.78, 5) is 4.11. The number of halogens is 1. The zero-order chi connectivity index (χ0) is 13.2. The lowest BCUT2D eigenvalue weighted by Crippen LogP contribution is -2.45. The van der Waals surface area contributed by atoms with Gasteiger partial charge in [0.25, 0.3) is 0 Å². The fraction of sp³-hybridized carbons (Fsp3) is 0.733. The first-order valence-corrected chi connectivity index (χ1v) is 8.68. The quantitative estimate of drug-likeness (QED) is 0.881. The van der Waals surface area contributed by atoms with E-state index in [0.29, 0.717) is 12.1 Å². The molecule has 1 aromatic heterocycles. The summed E-state index contributed by atoms with van der Waals surface area (Å²) < 4.78 is 0.911. The molecule has 1 aliphatic carbocycles. The Morgan fingerprint density at radius 3 is 2.79 bits per heavy atom. The topological polar surface area (TPSA) is 15.3 Å².